The summed E-state index contributed by atoms with van der Waals surface area (Å²) in [5.74, 6) is 1.09. The summed E-state index contributed by atoms with van der Waals surface area (Å²) < 4.78 is 0. The maximum atomic E-state index is 11.9. The molecule has 0 saturated heterocycles. The molecule has 0 bridgehead atoms. The van der Waals surface area contributed by atoms with Gasteiger partial charge in [-0.05, 0) is 30.9 Å². The molecule has 1 aliphatic carbocycles. The molecule has 1 unspecified atom stereocenters. The molecule has 2 heteroatoms. The molecule has 1 fully saturated rings. The molecular weight excluding hydrogens is 198 g/mol. The van der Waals surface area contributed by atoms with Crippen molar-refractivity contribution in [3.63, 3.8) is 0 Å². The van der Waals surface area contributed by atoms with Gasteiger partial charge in [0, 0.05) is 5.69 Å². The number of hydrogen-bond donors (Lipinski definition) is 1. The summed E-state index contributed by atoms with van der Waals surface area (Å²) in [6.45, 7) is 2.09. The van der Waals surface area contributed by atoms with Crippen LogP contribution in [0.5, 0.6) is 0 Å². The van der Waals surface area contributed by atoms with Crippen molar-refractivity contribution >= 4 is 11.6 Å². The number of benzene rings is 1. The summed E-state index contributed by atoms with van der Waals surface area (Å²) in [4.78, 5) is 11.9. The first kappa shape index (κ1) is 9.88. The molecule has 0 aromatic heterocycles. The summed E-state index contributed by atoms with van der Waals surface area (Å²) in [5, 5.41) is 2.99. The first-order valence-electron chi connectivity index (χ1n) is 6.15. The van der Waals surface area contributed by atoms with Gasteiger partial charge >= 0.3 is 0 Å². The molecule has 1 saturated carbocycles. The van der Waals surface area contributed by atoms with Gasteiger partial charge in [-0.2, -0.15) is 0 Å². The fourth-order valence-electron chi connectivity index (χ4n) is 2.74. The second-order valence-corrected chi connectivity index (χ2v) is 5.17. The third kappa shape index (κ3) is 1.53. The zero-order chi connectivity index (χ0) is 11.1. The number of nitrogens with one attached hydrogen (secondary N) is 1. The molecule has 1 amide bonds. The van der Waals surface area contributed by atoms with Crippen LogP contribution in [0.3, 0.4) is 0 Å². The minimum absolute atomic E-state index is 0.111. The largest absolute Gasteiger partial charge is 0.325 e. The van der Waals surface area contributed by atoms with E-state index in [-0.39, 0.29) is 11.8 Å². The maximum Gasteiger partial charge on any atom is 0.232 e. The predicted molar refractivity (Wildman–Crippen MR) is 64.5 cm³/mol. The van der Waals surface area contributed by atoms with Crippen LogP contribution in [0.15, 0.2) is 18.2 Å². The zero-order valence-electron chi connectivity index (χ0n) is 9.62. The van der Waals surface area contributed by atoms with Crippen molar-refractivity contribution in [1.82, 2.24) is 0 Å². The van der Waals surface area contributed by atoms with Gasteiger partial charge in [-0.15, -0.1) is 0 Å². The number of amides is 1. The van der Waals surface area contributed by atoms with Crippen molar-refractivity contribution in [2.75, 3.05) is 5.32 Å². The normalized spacial score (nSPS) is 23.8. The van der Waals surface area contributed by atoms with Gasteiger partial charge in [0.05, 0.1) is 5.92 Å². The highest BCUT2D eigenvalue weighted by Crippen LogP contribution is 2.41. The van der Waals surface area contributed by atoms with Gasteiger partial charge < -0.3 is 5.32 Å². The van der Waals surface area contributed by atoms with E-state index in [0.29, 0.717) is 0 Å². The van der Waals surface area contributed by atoms with Gasteiger partial charge in [0.1, 0.15) is 0 Å². The Kier molecular flexibility index (Phi) is 2.23. The Morgan fingerprint density at radius 2 is 2.19 bits per heavy atom. The minimum atomic E-state index is 0.111. The van der Waals surface area contributed by atoms with Crippen LogP contribution in [-0.2, 0) is 4.79 Å². The van der Waals surface area contributed by atoms with Crippen molar-refractivity contribution in [2.45, 2.75) is 38.5 Å². The zero-order valence-corrected chi connectivity index (χ0v) is 9.62. The van der Waals surface area contributed by atoms with Gasteiger partial charge in [0.25, 0.3) is 0 Å². The molecule has 2 nitrogen and oxygen atoms in total. The van der Waals surface area contributed by atoms with E-state index in [4.69, 9.17) is 0 Å². The fraction of sp³-hybridized carbons (Fsp3) is 0.500. The van der Waals surface area contributed by atoms with E-state index >= 15 is 0 Å². The predicted octanol–water partition coefficient (Wildman–Crippen LogP) is 3.22. The lowest BCUT2D eigenvalue weighted by molar-refractivity contribution is -0.117. The standard InChI is InChI=1S/C14H17NO/c1-9-5-6-13-11(7-9)12(14(16)15-13)8-10-3-2-4-10/h5-7,10,12H,2-4,8H2,1H3,(H,15,16). The maximum absolute atomic E-state index is 11.9. The third-order valence-electron chi connectivity index (χ3n) is 3.95. The Morgan fingerprint density at radius 1 is 1.38 bits per heavy atom. The number of fused-ring (bicyclic) bond motifs is 1. The molecule has 0 radical (unpaired) electrons. The van der Waals surface area contributed by atoms with E-state index in [2.05, 4.69) is 24.4 Å². The van der Waals surface area contributed by atoms with Gasteiger partial charge in [-0.25, -0.2) is 0 Å². The van der Waals surface area contributed by atoms with Gasteiger partial charge in [0.2, 0.25) is 5.91 Å². The molecule has 0 spiro atoms. The second-order valence-electron chi connectivity index (χ2n) is 5.17. The van der Waals surface area contributed by atoms with Gasteiger partial charge in [-0.1, -0.05) is 37.0 Å². The Labute approximate surface area is 96.1 Å². The topological polar surface area (TPSA) is 29.1 Å². The second kappa shape index (κ2) is 3.62. The highest BCUT2D eigenvalue weighted by atomic mass is 16.2. The quantitative estimate of drug-likeness (QED) is 0.806. The van der Waals surface area contributed by atoms with Crippen LogP contribution in [0.25, 0.3) is 0 Å². The van der Waals surface area contributed by atoms with E-state index in [1.165, 1.54) is 30.4 Å². The van der Waals surface area contributed by atoms with Crippen LogP contribution in [-0.4, -0.2) is 5.91 Å². The first-order chi connectivity index (χ1) is 7.74. The lowest BCUT2D eigenvalue weighted by Gasteiger charge is -2.27. The van der Waals surface area contributed by atoms with Crippen LogP contribution < -0.4 is 5.32 Å². The van der Waals surface area contributed by atoms with Crippen molar-refractivity contribution in [3.05, 3.63) is 29.3 Å². The van der Waals surface area contributed by atoms with Gasteiger partial charge in [0.15, 0.2) is 0 Å². The highest BCUT2D eigenvalue weighted by molar-refractivity contribution is 6.02. The van der Waals surface area contributed by atoms with Crippen LogP contribution in [0.1, 0.15) is 42.7 Å². The van der Waals surface area contributed by atoms with Crippen molar-refractivity contribution in [3.8, 4) is 0 Å². The number of hydrogen-bond acceptors (Lipinski definition) is 1. The molecule has 84 valence electrons. The minimum Gasteiger partial charge on any atom is -0.325 e. The van der Waals surface area contributed by atoms with Crippen LogP contribution in [0, 0.1) is 12.8 Å². The van der Waals surface area contributed by atoms with E-state index < -0.39 is 0 Å². The average molecular weight is 215 g/mol. The lowest BCUT2D eigenvalue weighted by Crippen LogP contribution is -2.19. The van der Waals surface area contributed by atoms with Crippen LogP contribution >= 0.6 is 0 Å². The Hall–Kier alpha value is -1.31. The SMILES string of the molecule is Cc1ccc2c(c1)C(CC1CCC1)C(=O)N2. The van der Waals surface area contributed by atoms with Crippen molar-refractivity contribution in [2.24, 2.45) is 5.92 Å². The molecule has 1 N–H and O–H groups in total. The first-order valence-corrected chi connectivity index (χ1v) is 6.15. The molecular formula is C14H17NO. The third-order valence-corrected chi connectivity index (χ3v) is 3.95. The number of carbonyl (C=O) groups excluding carboxylic acids is 1. The molecule has 3 rings (SSSR count). The van der Waals surface area contributed by atoms with E-state index in [0.717, 1.165) is 18.0 Å². The number of anilines is 1. The number of rotatable bonds is 2. The number of aryl methyl sites for hydroxylation is 1. The Balaban J connectivity index is 1.88. The fourth-order valence-corrected chi connectivity index (χ4v) is 2.74. The smallest absolute Gasteiger partial charge is 0.232 e. The monoisotopic (exact) mass is 215 g/mol. The lowest BCUT2D eigenvalue weighted by atomic mass is 9.77. The molecule has 1 atom stereocenters. The Morgan fingerprint density at radius 3 is 2.88 bits per heavy atom. The molecule has 1 heterocycles. The van der Waals surface area contributed by atoms with E-state index in [1.807, 2.05) is 6.07 Å². The highest BCUT2D eigenvalue weighted by Gasteiger charge is 2.33. The molecule has 16 heavy (non-hydrogen) atoms. The summed E-state index contributed by atoms with van der Waals surface area (Å²) in [5.41, 5.74) is 3.49. The van der Waals surface area contributed by atoms with Gasteiger partial charge in [-0.3, -0.25) is 4.79 Å². The van der Waals surface area contributed by atoms with Crippen LogP contribution in [0.2, 0.25) is 0 Å². The molecule has 1 aliphatic heterocycles. The van der Waals surface area contributed by atoms with E-state index in [9.17, 15) is 4.79 Å². The molecule has 1 aromatic rings. The molecule has 2 aliphatic rings. The van der Waals surface area contributed by atoms with Crippen molar-refractivity contribution < 1.29 is 4.79 Å². The summed E-state index contributed by atoms with van der Waals surface area (Å²) in [6.07, 6.45) is 5.01. The number of carbonyl (C=O) groups is 1. The van der Waals surface area contributed by atoms with Crippen LogP contribution in [0.4, 0.5) is 5.69 Å². The summed E-state index contributed by atoms with van der Waals surface area (Å²) >= 11 is 0. The average Bonchev–Trinajstić information content (AvgIpc) is 2.48. The summed E-state index contributed by atoms with van der Waals surface area (Å²) in [6, 6.07) is 6.25. The van der Waals surface area contributed by atoms with Crippen molar-refractivity contribution in [1.29, 1.82) is 0 Å². The summed E-state index contributed by atoms with van der Waals surface area (Å²) in [7, 11) is 0. The Bertz CT molecular complexity index is 434. The van der Waals surface area contributed by atoms with E-state index in [1.54, 1.807) is 0 Å². The molecule has 1 aromatic carbocycles.